The third-order valence-corrected chi connectivity index (χ3v) is 2.89. The second kappa shape index (κ2) is 5.87. The Hall–Kier alpha value is -2.54. The molecule has 0 fully saturated rings. The van der Waals surface area contributed by atoms with Gasteiger partial charge in [0.05, 0.1) is 18.0 Å². The molecule has 0 bridgehead atoms. The average Bonchev–Trinajstić information content (AvgIpc) is 2.98. The van der Waals surface area contributed by atoms with Gasteiger partial charge in [0.2, 0.25) is 0 Å². The summed E-state index contributed by atoms with van der Waals surface area (Å²) in [4.78, 5) is 26.7. The Morgan fingerprint density at radius 1 is 1.42 bits per heavy atom. The summed E-state index contributed by atoms with van der Waals surface area (Å²) in [5, 5.41) is 15.7. The van der Waals surface area contributed by atoms with Crippen LogP contribution in [-0.4, -0.2) is 17.1 Å². The van der Waals surface area contributed by atoms with Gasteiger partial charge in [0.15, 0.2) is 0 Å². The van der Waals surface area contributed by atoms with E-state index in [9.17, 15) is 14.9 Å². The fourth-order valence-electron chi connectivity index (χ4n) is 1.22. The van der Waals surface area contributed by atoms with E-state index in [4.69, 9.17) is 1.37 Å². The molecular weight excluding hydrogens is 268 g/mol. The fourth-order valence-corrected chi connectivity index (χ4v) is 1.77. The Morgan fingerprint density at radius 2 is 2.16 bits per heavy atom. The van der Waals surface area contributed by atoms with Crippen LogP contribution < -0.4 is 0 Å². The van der Waals surface area contributed by atoms with Crippen molar-refractivity contribution < 1.29 is 15.9 Å². The molecule has 0 spiro atoms. The first-order chi connectivity index (χ1) is 9.58. The highest BCUT2D eigenvalue weighted by Crippen LogP contribution is 2.12. The number of hydrogen-bond donors (Lipinski definition) is 0. The molecule has 0 atom stereocenters. The number of oxime groups is 1. The largest absolute Gasteiger partial charge is 0.365 e. The second-order valence-corrected chi connectivity index (χ2v) is 4.31. The summed E-state index contributed by atoms with van der Waals surface area (Å²) in [6, 6.07) is 8.36. The van der Waals surface area contributed by atoms with Crippen molar-refractivity contribution in [2.45, 2.75) is 0 Å². The quantitative estimate of drug-likeness (QED) is 0.372. The molecule has 0 saturated carbocycles. The van der Waals surface area contributed by atoms with Crippen LogP contribution in [0.15, 0.2) is 46.9 Å². The summed E-state index contributed by atoms with van der Waals surface area (Å²) in [5.41, 5.74) is 0.00291. The lowest BCUT2D eigenvalue weighted by molar-refractivity contribution is -0.384. The summed E-state index contributed by atoms with van der Waals surface area (Å²) in [7, 11) is 0. The average molecular weight is 277 g/mol. The van der Waals surface area contributed by atoms with E-state index in [-0.39, 0.29) is 17.4 Å². The number of benzene rings is 1. The molecular formula is C12H8N2O4S. The van der Waals surface area contributed by atoms with Crippen molar-refractivity contribution in [3.8, 4) is 0 Å². The zero-order valence-electron chi connectivity index (χ0n) is 10.5. The van der Waals surface area contributed by atoms with Gasteiger partial charge in [-0.05, 0) is 23.6 Å². The highest BCUT2D eigenvalue weighted by molar-refractivity contribution is 7.11. The minimum Gasteiger partial charge on any atom is -0.313 e. The molecule has 0 aliphatic carbocycles. The third kappa shape index (κ3) is 3.46. The van der Waals surface area contributed by atoms with E-state index in [0.717, 1.165) is 0 Å². The lowest BCUT2D eigenvalue weighted by Gasteiger charge is -1.97. The van der Waals surface area contributed by atoms with E-state index < -0.39 is 10.9 Å². The Labute approximate surface area is 113 Å². The molecule has 0 amide bonds. The summed E-state index contributed by atoms with van der Waals surface area (Å²) in [6.45, 7) is 0. The molecule has 1 aromatic carbocycles. The van der Waals surface area contributed by atoms with Crippen LogP contribution in [0.2, 0.25) is 0 Å². The molecule has 0 aliphatic heterocycles. The van der Waals surface area contributed by atoms with Crippen LogP contribution in [0.5, 0.6) is 0 Å². The minimum absolute atomic E-state index is 0.121. The van der Waals surface area contributed by atoms with Crippen LogP contribution >= 0.6 is 11.3 Å². The maximum Gasteiger partial charge on any atom is 0.365 e. The van der Waals surface area contributed by atoms with Crippen molar-refractivity contribution in [2.24, 2.45) is 5.16 Å². The SMILES string of the molecule is [2H]/C(=N/OC(=O)c1ccc([N+](=O)[O-])cc1)c1cccs1. The Kier molecular flexibility index (Phi) is 3.57. The van der Waals surface area contributed by atoms with Crippen molar-refractivity contribution in [2.75, 3.05) is 0 Å². The summed E-state index contributed by atoms with van der Waals surface area (Å²) in [6.07, 6.45) is -0.157. The van der Waals surface area contributed by atoms with Gasteiger partial charge in [-0.15, -0.1) is 11.3 Å². The molecule has 0 unspecified atom stereocenters. The topological polar surface area (TPSA) is 81.8 Å². The number of nitro groups is 1. The number of rotatable bonds is 4. The number of non-ortho nitro benzene ring substituents is 1. The standard InChI is InChI=1S/C12H8N2O4S/c15-12(18-13-8-11-2-1-7-19-11)9-3-5-10(6-4-9)14(16)17/h1-8H/b13-8-/i8D. The van der Waals surface area contributed by atoms with Crippen molar-refractivity contribution in [1.29, 1.82) is 0 Å². The number of carbonyl (C=O) groups excluding carboxylic acids is 1. The van der Waals surface area contributed by atoms with Gasteiger partial charge in [0.25, 0.3) is 5.69 Å². The van der Waals surface area contributed by atoms with Crippen LogP contribution in [0.1, 0.15) is 16.6 Å². The van der Waals surface area contributed by atoms with Gasteiger partial charge >= 0.3 is 5.97 Å². The minimum atomic E-state index is -0.777. The van der Waals surface area contributed by atoms with Gasteiger partial charge in [-0.1, -0.05) is 11.2 Å². The Morgan fingerprint density at radius 3 is 2.74 bits per heavy atom. The molecule has 0 aliphatic rings. The number of nitro benzene ring substituents is 1. The van der Waals surface area contributed by atoms with Gasteiger partial charge in [0, 0.05) is 17.0 Å². The smallest absolute Gasteiger partial charge is 0.313 e. The lowest BCUT2D eigenvalue weighted by Crippen LogP contribution is -2.01. The van der Waals surface area contributed by atoms with Crippen molar-refractivity contribution in [3.63, 3.8) is 0 Å². The van der Waals surface area contributed by atoms with Crippen LogP contribution in [-0.2, 0) is 4.84 Å². The molecule has 6 nitrogen and oxygen atoms in total. The predicted octanol–water partition coefficient (Wildman–Crippen LogP) is 2.85. The molecule has 1 aromatic heterocycles. The Bertz CT molecular complexity index is 653. The van der Waals surface area contributed by atoms with Crippen molar-refractivity contribution in [1.82, 2.24) is 0 Å². The maximum atomic E-state index is 11.6. The molecule has 1 heterocycles. The van der Waals surface area contributed by atoms with E-state index in [0.29, 0.717) is 4.88 Å². The highest BCUT2D eigenvalue weighted by atomic mass is 32.1. The molecule has 0 saturated heterocycles. The van der Waals surface area contributed by atoms with Gasteiger partial charge in [0.1, 0.15) is 0 Å². The van der Waals surface area contributed by atoms with E-state index >= 15 is 0 Å². The summed E-state index contributed by atoms with van der Waals surface area (Å²) in [5.74, 6) is -0.777. The van der Waals surface area contributed by atoms with E-state index in [1.54, 1.807) is 17.5 Å². The maximum absolute atomic E-state index is 11.6. The van der Waals surface area contributed by atoms with E-state index in [1.165, 1.54) is 35.6 Å². The Balaban J connectivity index is 2.05. The normalized spacial score (nSPS) is 11.8. The van der Waals surface area contributed by atoms with Gasteiger partial charge < -0.3 is 4.84 Å². The summed E-state index contributed by atoms with van der Waals surface area (Å²) < 4.78 is 7.57. The number of thiophene rings is 1. The lowest BCUT2D eigenvalue weighted by atomic mass is 10.2. The molecule has 2 rings (SSSR count). The second-order valence-electron chi connectivity index (χ2n) is 3.36. The van der Waals surface area contributed by atoms with E-state index in [1.807, 2.05) is 0 Å². The van der Waals surface area contributed by atoms with Crippen molar-refractivity contribution >= 4 is 29.2 Å². The highest BCUT2D eigenvalue weighted by Gasteiger charge is 2.10. The number of hydrogen-bond acceptors (Lipinski definition) is 6. The molecule has 0 N–H and O–H groups in total. The molecule has 19 heavy (non-hydrogen) atoms. The van der Waals surface area contributed by atoms with Gasteiger partial charge in [-0.25, -0.2) is 4.79 Å². The van der Waals surface area contributed by atoms with Crippen LogP contribution in [0.3, 0.4) is 0 Å². The zero-order valence-corrected chi connectivity index (χ0v) is 10.3. The van der Waals surface area contributed by atoms with E-state index in [2.05, 4.69) is 9.99 Å². The molecule has 96 valence electrons. The first-order valence-electron chi connectivity index (χ1n) is 5.62. The predicted molar refractivity (Wildman–Crippen MR) is 70.4 cm³/mol. The van der Waals surface area contributed by atoms with Crippen LogP contribution in [0, 0.1) is 10.1 Å². The van der Waals surface area contributed by atoms with Crippen molar-refractivity contribution in [3.05, 3.63) is 62.3 Å². The van der Waals surface area contributed by atoms with Gasteiger partial charge in [-0.3, -0.25) is 10.1 Å². The first-order valence-corrected chi connectivity index (χ1v) is 6.00. The van der Waals surface area contributed by atoms with Crippen LogP contribution in [0.25, 0.3) is 0 Å². The number of nitrogens with zero attached hydrogens (tertiary/aromatic N) is 2. The molecule has 2 aromatic rings. The van der Waals surface area contributed by atoms with Gasteiger partial charge in [-0.2, -0.15) is 0 Å². The third-order valence-electron chi connectivity index (χ3n) is 2.12. The summed E-state index contributed by atoms with van der Waals surface area (Å²) >= 11 is 1.30. The molecule has 7 heteroatoms. The fraction of sp³-hybridized carbons (Fsp3) is 0. The first kappa shape index (κ1) is 11.5. The monoisotopic (exact) mass is 277 g/mol. The molecule has 0 radical (unpaired) electrons. The number of carbonyl (C=O) groups is 1. The van der Waals surface area contributed by atoms with Crippen LogP contribution in [0.4, 0.5) is 5.69 Å². The zero-order chi connectivity index (χ0) is 14.5.